The SMILES string of the molecule is Cc1ccc(-c2c(O)ccc3cc(CN)ccc23)cc1. The van der Waals surface area contributed by atoms with Crippen molar-refractivity contribution in [2.75, 3.05) is 0 Å². The number of nitrogens with two attached hydrogens (primary N) is 1. The number of aromatic hydroxyl groups is 1. The van der Waals surface area contributed by atoms with E-state index in [1.807, 2.05) is 30.3 Å². The predicted molar refractivity (Wildman–Crippen MR) is 83.7 cm³/mol. The van der Waals surface area contributed by atoms with E-state index in [0.29, 0.717) is 12.3 Å². The highest BCUT2D eigenvalue weighted by Crippen LogP contribution is 2.36. The lowest BCUT2D eigenvalue weighted by Gasteiger charge is -2.11. The Kier molecular flexibility index (Phi) is 3.17. The second kappa shape index (κ2) is 4.99. The molecule has 0 aliphatic heterocycles. The van der Waals surface area contributed by atoms with Gasteiger partial charge in [-0.25, -0.2) is 0 Å². The van der Waals surface area contributed by atoms with Crippen molar-refractivity contribution in [1.82, 2.24) is 0 Å². The third kappa shape index (κ3) is 2.15. The number of phenolic OH excluding ortho intramolecular Hbond substituents is 1. The van der Waals surface area contributed by atoms with Crippen LogP contribution in [0, 0.1) is 6.92 Å². The molecule has 2 nitrogen and oxygen atoms in total. The largest absolute Gasteiger partial charge is 0.507 e. The van der Waals surface area contributed by atoms with Gasteiger partial charge >= 0.3 is 0 Å². The Morgan fingerprint density at radius 1 is 0.950 bits per heavy atom. The van der Waals surface area contributed by atoms with E-state index < -0.39 is 0 Å². The van der Waals surface area contributed by atoms with Crippen molar-refractivity contribution in [1.29, 1.82) is 0 Å². The summed E-state index contributed by atoms with van der Waals surface area (Å²) in [6.45, 7) is 2.58. The minimum atomic E-state index is 0.307. The summed E-state index contributed by atoms with van der Waals surface area (Å²) >= 11 is 0. The Balaban J connectivity index is 2.28. The summed E-state index contributed by atoms with van der Waals surface area (Å²) < 4.78 is 0. The molecule has 0 heterocycles. The van der Waals surface area contributed by atoms with E-state index in [4.69, 9.17) is 5.73 Å². The van der Waals surface area contributed by atoms with Crippen molar-refractivity contribution < 1.29 is 5.11 Å². The number of rotatable bonds is 2. The van der Waals surface area contributed by atoms with Crippen LogP contribution in [0.15, 0.2) is 54.6 Å². The van der Waals surface area contributed by atoms with Crippen LogP contribution in [-0.4, -0.2) is 5.11 Å². The third-order valence-electron chi connectivity index (χ3n) is 3.64. The van der Waals surface area contributed by atoms with Gasteiger partial charge in [-0.05, 0) is 41.0 Å². The monoisotopic (exact) mass is 263 g/mol. The standard InChI is InChI=1S/C18H17NO/c1-12-2-5-14(6-3-12)18-16-8-4-13(11-19)10-15(16)7-9-17(18)20/h2-10,20H,11,19H2,1H3. The fourth-order valence-corrected chi connectivity index (χ4v) is 2.52. The molecule has 0 saturated carbocycles. The zero-order chi connectivity index (χ0) is 14.1. The van der Waals surface area contributed by atoms with E-state index >= 15 is 0 Å². The van der Waals surface area contributed by atoms with E-state index in [2.05, 4.69) is 25.1 Å². The summed E-state index contributed by atoms with van der Waals surface area (Å²) in [5, 5.41) is 12.4. The van der Waals surface area contributed by atoms with Crippen molar-refractivity contribution >= 4 is 10.8 Å². The highest BCUT2D eigenvalue weighted by Gasteiger charge is 2.09. The number of hydrogen-bond acceptors (Lipinski definition) is 2. The lowest BCUT2D eigenvalue weighted by atomic mass is 9.95. The van der Waals surface area contributed by atoms with Gasteiger partial charge in [-0.15, -0.1) is 0 Å². The molecule has 0 bridgehead atoms. The second-order valence-corrected chi connectivity index (χ2v) is 5.09. The van der Waals surface area contributed by atoms with Gasteiger partial charge in [0.2, 0.25) is 0 Å². The minimum Gasteiger partial charge on any atom is -0.507 e. The maximum Gasteiger partial charge on any atom is 0.124 e. The molecule has 3 rings (SSSR count). The lowest BCUT2D eigenvalue weighted by molar-refractivity contribution is 0.478. The minimum absolute atomic E-state index is 0.307. The smallest absolute Gasteiger partial charge is 0.124 e. The van der Waals surface area contributed by atoms with Crippen LogP contribution in [-0.2, 0) is 6.54 Å². The normalized spacial score (nSPS) is 10.9. The first-order valence-electron chi connectivity index (χ1n) is 6.71. The summed E-state index contributed by atoms with van der Waals surface area (Å²) in [4.78, 5) is 0. The van der Waals surface area contributed by atoms with Crippen molar-refractivity contribution in [3.8, 4) is 16.9 Å². The van der Waals surface area contributed by atoms with Crippen LogP contribution in [0.2, 0.25) is 0 Å². The van der Waals surface area contributed by atoms with Crippen LogP contribution >= 0.6 is 0 Å². The van der Waals surface area contributed by atoms with E-state index in [1.165, 1.54) is 5.56 Å². The molecule has 3 aromatic carbocycles. The van der Waals surface area contributed by atoms with E-state index in [9.17, 15) is 5.11 Å². The van der Waals surface area contributed by atoms with Crippen LogP contribution < -0.4 is 5.73 Å². The average molecular weight is 263 g/mol. The molecule has 0 radical (unpaired) electrons. The molecule has 100 valence electrons. The summed E-state index contributed by atoms with van der Waals surface area (Å²) in [5.41, 5.74) is 9.90. The van der Waals surface area contributed by atoms with Gasteiger partial charge in [0.25, 0.3) is 0 Å². The number of aryl methyl sites for hydroxylation is 1. The molecule has 0 fully saturated rings. The van der Waals surface area contributed by atoms with E-state index in [0.717, 1.165) is 27.5 Å². The van der Waals surface area contributed by atoms with Crippen molar-refractivity contribution in [2.24, 2.45) is 5.73 Å². The van der Waals surface area contributed by atoms with Gasteiger partial charge in [-0.1, -0.05) is 48.0 Å². The summed E-state index contributed by atoms with van der Waals surface area (Å²) in [6, 6.07) is 18.0. The predicted octanol–water partition coefficient (Wildman–Crippen LogP) is 3.98. The zero-order valence-electron chi connectivity index (χ0n) is 11.4. The topological polar surface area (TPSA) is 46.2 Å². The maximum absolute atomic E-state index is 10.2. The van der Waals surface area contributed by atoms with Crippen molar-refractivity contribution in [2.45, 2.75) is 13.5 Å². The molecule has 0 aliphatic carbocycles. The molecule has 0 amide bonds. The molecule has 20 heavy (non-hydrogen) atoms. The van der Waals surface area contributed by atoms with Gasteiger partial charge in [0.05, 0.1) is 0 Å². The molecular weight excluding hydrogens is 246 g/mol. The number of hydrogen-bond donors (Lipinski definition) is 2. The molecule has 0 aromatic heterocycles. The first-order chi connectivity index (χ1) is 9.69. The molecule has 3 aromatic rings. The highest BCUT2D eigenvalue weighted by molar-refractivity contribution is 5.99. The Morgan fingerprint density at radius 2 is 1.70 bits per heavy atom. The first-order valence-corrected chi connectivity index (χ1v) is 6.71. The van der Waals surface area contributed by atoms with Gasteiger partial charge in [0.1, 0.15) is 5.75 Å². The molecule has 2 heteroatoms. The van der Waals surface area contributed by atoms with Gasteiger partial charge in [0.15, 0.2) is 0 Å². The lowest BCUT2D eigenvalue weighted by Crippen LogP contribution is -1.95. The van der Waals surface area contributed by atoms with Crippen LogP contribution in [0.4, 0.5) is 0 Å². The molecular formula is C18H17NO. The van der Waals surface area contributed by atoms with Gasteiger partial charge in [-0.2, -0.15) is 0 Å². The average Bonchev–Trinajstić information content (AvgIpc) is 2.48. The fourth-order valence-electron chi connectivity index (χ4n) is 2.52. The van der Waals surface area contributed by atoms with Gasteiger partial charge in [0, 0.05) is 12.1 Å². The molecule has 0 saturated heterocycles. The molecule has 0 aliphatic rings. The van der Waals surface area contributed by atoms with Crippen LogP contribution in [0.25, 0.3) is 21.9 Å². The molecule has 0 unspecified atom stereocenters. The Hall–Kier alpha value is -2.32. The van der Waals surface area contributed by atoms with E-state index in [1.54, 1.807) is 6.07 Å². The third-order valence-corrected chi connectivity index (χ3v) is 3.64. The highest BCUT2D eigenvalue weighted by atomic mass is 16.3. The van der Waals surface area contributed by atoms with Crippen LogP contribution in [0.1, 0.15) is 11.1 Å². The first kappa shape index (κ1) is 12.7. The summed E-state index contributed by atoms with van der Waals surface area (Å²) in [6.07, 6.45) is 0. The van der Waals surface area contributed by atoms with Crippen LogP contribution in [0.5, 0.6) is 5.75 Å². The van der Waals surface area contributed by atoms with Crippen molar-refractivity contribution in [3.63, 3.8) is 0 Å². The van der Waals surface area contributed by atoms with Gasteiger partial charge in [-0.3, -0.25) is 0 Å². The molecule has 0 spiro atoms. The number of fused-ring (bicyclic) bond motifs is 1. The van der Waals surface area contributed by atoms with Crippen molar-refractivity contribution in [3.05, 3.63) is 65.7 Å². The summed E-state index contributed by atoms with van der Waals surface area (Å²) in [7, 11) is 0. The van der Waals surface area contributed by atoms with Gasteiger partial charge < -0.3 is 10.8 Å². The Morgan fingerprint density at radius 3 is 2.40 bits per heavy atom. The Bertz CT molecular complexity index is 760. The Labute approximate surface area is 118 Å². The molecule has 3 N–H and O–H groups in total. The summed E-state index contributed by atoms with van der Waals surface area (Å²) in [5.74, 6) is 0.307. The van der Waals surface area contributed by atoms with Crippen LogP contribution in [0.3, 0.4) is 0 Å². The zero-order valence-corrected chi connectivity index (χ0v) is 11.4. The quantitative estimate of drug-likeness (QED) is 0.734. The number of phenols is 1. The second-order valence-electron chi connectivity index (χ2n) is 5.09. The maximum atomic E-state index is 10.2. The van der Waals surface area contributed by atoms with E-state index in [-0.39, 0.29) is 0 Å². The fraction of sp³-hybridized carbons (Fsp3) is 0.111. The number of benzene rings is 3. The molecule has 0 atom stereocenters.